The van der Waals surface area contributed by atoms with Gasteiger partial charge in [0.05, 0.1) is 23.4 Å². The van der Waals surface area contributed by atoms with Crippen molar-refractivity contribution in [2.75, 3.05) is 35.6 Å². The summed E-state index contributed by atoms with van der Waals surface area (Å²) in [4.78, 5) is 36.6. The second kappa shape index (κ2) is 12.9. The summed E-state index contributed by atoms with van der Waals surface area (Å²) in [5, 5.41) is 15.0. The molecule has 4 aromatic heterocycles. The zero-order valence-electron chi connectivity index (χ0n) is 26.3. The van der Waals surface area contributed by atoms with E-state index in [0.717, 1.165) is 52.8 Å². The van der Waals surface area contributed by atoms with E-state index >= 15 is 0 Å². The summed E-state index contributed by atoms with van der Waals surface area (Å²) in [6, 6.07) is 9.85. The van der Waals surface area contributed by atoms with Gasteiger partial charge in [0.15, 0.2) is 5.82 Å². The molecule has 0 radical (unpaired) electrons. The van der Waals surface area contributed by atoms with Crippen LogP contribution in [0.2, 0.25) is 0 Å². The van der Waals surface area contributed by atoms with E-state index in [1.165, 1.54) is 0 Å². The van der Waals surface area contributed by atoms with Crippen molar-refractivity contribution in [2.24, 2.45) is 7.05 Å². The number of H-pyrrole nitrogens is 1. The highest BCUT2D eigenvalue weighted by molar-refractivity contribution is 6.06. The van der Waals surface area contributed by atoms with Crippen LogP contribution in [0, 0.1) is 13.8 Å². The first-order chi connectivity index (χ1) is 21.7. The van der Waals surface area contributed by atoms with Crippen LogP contribution in [0.1, 0.15) is 37.9 Å². The second-order valence-electron chi connectivity index (χ2n) is 11.6. The number of aryl methyl sites for hydroxylation is 3. The van der Waals surface area contributed by atoms with Crippen molar-refractivity contribution < 1.29 is 9.53 Å². The van der Waals surface area contributed by atoms with E-state index in [0.29, 0.717) is 35.8 Å². The lowest BCUT2D eigenvalue weighted by Crippen LogP contribution is -2.33. The first-order valence-electron chi connectivity index (χ1n) is 15.3. The average molecular weight is 610 g/mol. The van der Waals surface area contributed by atoms with Crippen LogP contribution < -0.4 is 20.7 Å². The third kappa shape index (κ3) is 6.88. The summed E-state index contributed by atoms with van der Waals surface area (Å²) in [7, 11) is 1.89. The maximum absolute atomic E-state index is 13.2. The van der Waals surface area contributed by atoms with Crippen LogP contribution in [0.3, 0.4) is 0 Å². The number of para-hydroxylation sites is 1. The van der Waals surface area contributed by atoms with Crippen molar-refractivity contribution in [1.82, 2.24) is 39.6 Å². The SMILES string of the molecule is CCC(C)Nc1nccc(O[C@H]2CCN(CC(=O)Nc3cccc4c(-c5nc(Nc6cc(C)n(C)n6)ncc5C)c[nH]c34)C2)n1. The van der Waals surface area contributed by atoms with Gasteiger partial charge in [-0.3, -0.25) is 14.4 Å². The standard InChI is InChI=1S/C32H39N11O2/c1-6-20(3)36-31-33-12-10-28(39-31)45-22-11-13-43(17-22)18-27(44)37-25-9-7-8-23-24(16-34-30(23)25)29-19(2)15-35-32(40-29)38-26-14-21(4)42(5)41-26/h7-10,12,14-16,20,22,34H,6,11,13,17-18H2,1-5H3,(H,37,44)(H,33,36,39)(H,35,38,40,41)/t20?,22-/m0/s1. The molecule has 45 heavy (non-hydrogen) atoms. The number of fused-ring (bicyclic) bond motifs is 1. The van der Waals surface area contributed by atoms with Gasteiger partial charge in [-0.2, -0.15) is 10.1 Å². The van der Waals surface area contributed by atoms with Gasteiger partial charge in [0.1, 0.15) is 6.10 Å². The van der Waals surface area contributed by atoms with E-state index in [1.54, 1.807) is 23.1 Å². The Balaban J connectivity index is 1.10. The van der Waals surface area contributed by atoms with Gasteiger partial charge in [-0.25, -0.2) is 15.0 Å². The fourth-order valence-electron chi connectivity index (χ4n) is 5.37. The van der Waals surface area contributed by atoms with Crippen molar-refractivity contribution >= 4 is 40.2 Å². The molecule has 13 heteroatoms. The number of rotatable bonds is 11. The van der Waals surface area contributed by atoms with Crippen LogP contribution in [0.4, 0.5) is 23.4 Å². The zero-order chi connectivity index (χ0) is 31.5. The maximum atomic E-state index is 13.2. The molecule has 1 aliphatic rings. The Morgan fingerprint density at radius 2 is 2.04 bits per heavy atom. The highest BCUT2D eigenvalue weighted by atomic mass is 16.5. The van der Waals surface area contributed by atoms with Gasteiger partial charge >= 0.3 is 0 Å². The number of nitrogens with zero attached hydrogens (tertiary/aromatic N) is 7. The molecule has 1 unspecified atom stereocenters. The highest BCUT2D eigenvalue weighted by Crippen LogP contribution is 2.33. The Morgan fingerprint density at radius 1 is 1.18 bits per heavy atom. The number of aromatic amines is 1. The van der Waals surface area contributed by atoms with Gasteiger partial charge in [0.25, 0.3) is 0 Å². The molecule has 0 bridgehead atoms. The van der Waals surface area contributed by atoms with Crippen LogP contribution in [0.25, 0.3) is 22.2 Å². The number of carbonyl (C=O) groups excluding carboxylic acids is 1. The number of carbonyl (C=O) groups is 1. The molecule has 0 spiro atoms. The summed E-state index contributed by atoms with van der Waals surface area (Å²) in [6.45, 7) is 9.84. The number of likely N-dealkylation sites (tertiary alicyclic amines) is 1. The molecule has 1 amide bonds. The summed E-state index contributed by atoms with van der Waals surface area (Å²) >= 11 is 0. The molecule has 0 aliphatic carbocycles. The van der Waals surface area contributed by atoms with Gasteiger partial charge in [-0.05, 0) is 45.2 Å². The molecule has 2 atom stereocenters. The Bertz CT molecular complexity index is 1790. The van der Waals surface area contributed by atoms with E-state index in [2.05, 4.69) is 59.7 Å². The van der Waals surface area contributed by atoms with Crippen molar-refractivity contribution in [1.29, 1.82) is 0 Å². The molecular formula is C32H39N11O2. The third-order valence-electron chi connectivity index (χ3n) is 8.07. The number of anilines is 4. The molecule has 1 aliphatic heterocycles. The average Bonchev–Trinajstić information content (AvgIpc) is 3.73. The smallest absolute Gasteiger partial charge is 0.238 e. The predicted molar refractivity (Wildman–Crippen MR) is 175 cm³/mol. The van der Waals surface area contributed by atoms with Crippen LogP contribution >= 0.6 is 0 Å². The number of benzene rings is 1. The van der Waals surface area contributed by atoms with Crippen LogP contribution in [-0.4, -0.2) is 77.3 Å². The molecule has 6 rings (SSSR count). The number of aromatic nitrogens is 7. The molecular weight excluding hydrogens is 570 g/mol. The normalized spacial score (nSPS) is 15.7. The van der Waals surface area contributed by atoms with Gasteiger partial charge in [0, 0.05) is 73.5 Å². The lowest BCUT2D eigenvalue weighted by Gasteiger charge is -2.17. The first kappa shape index (κ1) is 30.0. The quantitative estimate of drug-likeness (QED) is 0.164. The minimum absolute atomic E-state index is 0.0456. The fraction of sp³-hybridized carbons (Fsp3) is 0.375. The lowest BCUT2D eigenvalue weighted by molar-refractivity contribution is -0.117. The number of hydrogen-bond acceptors (Lipinski definition) is 10. The first-order valence-corrected chi connectivity index (χ1v) is 15.3. The van der Waals surface area contributed by atoms with Crippen molar-refractivity contribution in [3.63, 3.8) is 0 Å². The molecule has 0 saturated carbocycles. The summed E-state index contributed by atoms with van der Waals surface area (Å²) in [5.41, 5.74) is 5.23. The summed E-state index contributed by atoms with van der Waals surface area (Å²) < 4.78 is 7.93. The van der Waals surface area contributed by atoms with Crippen molar-refractivity contribution in [3.05, 3.63) is 60.2 Å². The topological polar surface area (TPSA) is 151 Å². The molecule has 5 aromatic rings. The van der Waals surface area contributed by atoms with E-state index < -0.39 is 0 Å². The molecule has 13 nitrogen and oxygen atoms in total. The largest absolute Gasteiger partial charge is 0.473 e. The van der Waals surface area contributed by atoms with Gasteiger partial charge in [-0.1, -0.05) is 19.1 Å². The van der Waals surface area contributed by atoms with Gasteiger partial charge < -0.3 is 25.7 Å². The van der Waals surface area contributed by atoms with E-state index in [9.17, 15) is 4.79 Å². The maximum Gasteiger partial charge on any atom is 0.238 e. The van der Waals surface area contributed by atoms with Gasteiger partial charge in [-0.15, -0.1) is 0 Å². The van der Waals surface area contributed by atoms with Crippen molar-refractivity contribution in [3.8, 4) is 17.1 Å². The monoisotopic (exact) mass is 609 g/mol. The number of ether oxygens (including phenoxy) is 1. The molecule has 1 aromatic carbocycles. The number of hydrogen-bond donors (Lipinski definition) is 4. The molecule has 4 N–H and O–H groups in total. The second-order valence-corrected chi connectivity index (χ2v) is 11.6. The Morgan fingerprint density at radius 3 is 2.84 bits per heavy atom. The summed E-state index contributed by atoms with van der Waals surface area (Å²) in [6.07, 6.45) is 7.16. The summed E-state index contributed by atoms with van der Waals surface area (Å²) in [5.74, 6) is 2.15. The Hall–Kier alpha value is -5.04. The fourth-order valence-corrected chi connectivity index (χ4v) is 5.37. The lowest BCUT2D eigenvalue weighted by atomic mass is 10.1. The van der Waals surface area contributed by atoms with Gasteiger partial charge in [0.2, 0.25) is 23.7 Å². The third-order valence-corrected chi connectivity index (χ3v) is 8.07. The Labute approximate surface area is 261 Å². The zero-order valence-corrected chi connectivity index (χ0v) is 26.3. The van der Waals surface area contributed by atoms with E-state index in [-0.39, 0.29) is 24.6 Å². The van der Waals surface area contributed by atoms with Crippen LogP contribution in [-0.2, 0) is 11.8 Å². The highest BCUT2D eigenvalue weighted by Gasteiger charge is 2.26. The van der Waals surface area contributed by atoms with Crippen LogP contribution in [0.5, 0.6) is 5.88 Å². The minimum atomic E-state index is -0.0864. The number of amides is 1. The molecule has 1 saturated heterocycles. The van der Waals surface area contributed by atoms with Crippen LogP contribution in [0.15, 0.2) is 48.9 Å². The van der Waals surface area contributed by atoms with Crippen molar-refractivity contribution in [2.45, 2.75) is 52.7 Å². The van der Waals surface area contributed by atoms with E-state index in [1.807, 2.05) is 51.4 Å². The number of nitrogens with one attached hydrogen (secondary N) is 4. The molecule has 1 fully saturated rings. The predicted octanol–water partition coefficient (Wildman–Crippen LogP) is 4.81. The molecule has 5 heterocycles. The van der Waals surface area contributed by atoms with E-state index in [4.69, 9.17) is 9.72 Å². The minimum Gasteiger partial charge on any atom is -0.473 e. The Kier molecular flexibility index (Phi) is 8.60. The molecule has 234 valence electrons.